The molecule has 0 bridgehead atoms. The third-order valence-corrected chi connectivity index (χ3v) is 2.35. The van der Waals surface area contributed by atoms with E-state index in [9.17, 15) is 0 Å². The van der Waals surface area contributed by atoms with E-state index in [1.807, 2.05) is 18.2 Å². The number of hydrogen-bond donors (Lipinski definition) is 1. The van der Waals surface area contributed by atoms with Gasteiger partial charge in [0.2, 0.25) is 0 Å². The number of likely N-dealkylation sites (N-methyl/N-ethyl adjacent to an activating group) is 1. The Kier molecular flexibility index (Phi) is 2.00. The van der Waals surface area contributed by atoms with Gasteiger partial charge in [-0.1, -0.05) is 6.07 Å². The van der Waals surface area contributed by atoms with Crippen LogP contribution in [0, 0.1) is 0 Å². The normalized spacial score (nSPS) is 15.0. The van der Waals surface area contributed by atoms with Crippen LogP contribution in [0.2, 0.25) is 0 Å². The Labute approximate surface area is 78.1 Å². The minimum Gasteiger partial charge on any atom is -0.489 e. The summed E-state index contributed by atoms with van der Waals surface area (Å²) in [6, 6.07) is 5.80. The third-order valence-electron chi connectivity index (χ3n) is 2.35. The van der Waals surface area contributed by atoms with Crippen molar-refractivity contribution in [3.8, 4) is 5.75 Å². The van der Waals surface area contributed by atoms with E-state index in [1.165, 1.54) is 0 Å². The van der Waals surface area contributed by atoms with Crippen molar-refractivity contribution in [2.75, 3.05) is 30.3 Å². The van der Waals surface area contributed by atoms with E-state index in [-0.39, 0.29) is 0 Å². The van der Waals surface area contributed by atoms with Crippen LogP contribution in [0.15, 0.2) is 18.2 Å². The van der Waals surface area contributed by atoms with Gasteiger partial charge in [-0.25, -0.2) is 0 Å². The summed E-state index contributed by atoms with van der Waals surface area (Å²) in [6.07, 6.45) is 0. The van der Waals surface area contributed by atoms with E-state index in [4.69, 9.17) is 10.5 Å². The molecule has 0 aliphatic carbocycles. The van der Waals surface area contributed by atoms with Gasteiger partial charge in [-0.05, 0) is 19.1 Å². The fourth-order valence-electron chi connectivity index (χ4n) is 1.69. The topological polar surface area (TPSA) is 38.5 Å². The molecule has 1 aromatic carbocycles. The maximum atomic E-state index is 5.89. The number of para-hydroxylation sites is 1. The summed E-state index contributed by atoms with van der Waals surface area (Å²) in [6.45, 7) is 4.79. The van der Waals surface area contributed by atoms with Crippen molar-refractivity contribution in [3.63, 3.8) is 0 Å². The number of nitrogen functional groups attached to an aromatic ring is 1. The van der Waals surface area contributed by atoms with E-state index in [2.05, 4.69) is 11.8 Å². The van der Waals surface area contributed by atoms with Gasteiger partial charge >= 0.3 is 0 Å². The van der Waals surface area contributed by atoms with Gasteiger partial charge in [0.1, 0.15) is 18.0 Å². The van der Waals surface area contributed by atoms with E-state index in [0.29, 0.717) is 0 Å². The maximum absolute atomic E-state index is 5.89. The van der Waals surface area contributed by atoms with Crippen LogP contribution in [0.5, 0.6) is 5.75 Å². The van der Waals surface area contributed by atoms with Gasteiger partial charge in [0.25, 0.3) is 0 Å². The maximum Gasteiger partial charge on any atom is 0.144 e. The number of fused-ring (bicyclic) bond motifs is 1. The zero-order valence-corrected chi connectivity index (χ0v) is 7.79. The number of benzene rings is 1. The first kappa shape index (κ1) is 8.23. The summed E-state index contributed by atoms with van der Waals surface area (Å²) >= 11 is 0. The standard InChI is InChI=1S/C10H14N2O/c1-2-12-6-7-13-9-5-3-4-8(11)10(9)12/h3-5H,2,6-7,11H2,1H3. The first-order chi connectivity index (χ1) is 6.33. The van der Waals surface area contributed by atoms with Crippen LogP contribution in [0.25, 0.3) is 0 Å². The minimum atomic E-state index is 0.754. The minimum absolute atomic E-state index is 0.754. The molecule has 0 aromatic heterocycles. The van der Waals surface area contributed by atoms with Crippen LogP contribution in [0.4, 0.5) is 11.4 Å². The first-order valence-corrected chi connectivity index (χ1v) is 4.59. The average Bonchev–Trinajstić information content (AvgIpc) is 2.17. The van der Waals surface area contributed by atoms with Crippen molar-refractivity contribution < 1.29 is 4.74 Å². The molecule has 0 radical (unpaired) electrons. The summed E-state index contributed by atoms with van der Waals surface area (Å²) in [7, 11) is 0. The molecule has 1 aromatic rings. The lowest BCUT2D eigenvalue weighted by Crippen LogP contribution is -2.32. The van der Waals surface area contributed by atoms with Crippen LogP contribution in [-0.2, 0) is 0 Å². The Morgan fingerprint density at radius 2 is 2.38 bits per heavy atom. The summed E-state index contributed by atoms with van der Waals surface area (Å²) in [5, 5.41) is 0. The molecule has 0 unspecified atom stereocenters. The van der Waals surface area contributed by atoms with Crippen molar-refractivity contribution in [2.24, 2.45) is 0 Å². The highest BCUT2D eigenvalue weighted by Gasteiger charge is 2.18. The molecule has 1 aliphatic rings. The molecule has 3 nitrogen and oxygen atoms in total. The van der Waals surface area contributed by atoms with Crippen LogP contribution < -0.4 is 15.4 Å². The summed E-state index contributed by atoms with van der Waals surface area (Å²) in [5.41, 5.74) is 7.74. The zero-order chi connectivity index (χ0) is 9.26. The molecular weight excluding hydrogens is 164 g/mol. The van der Waals surface area contributed by atoms with Gasteiger partial charge in [-0.2, -0.15) is 0 Å². The molecule has 0 atom stereocenters. The fourth-order valence-corrected chi connectivity index (χ4v) is 1.69. The highest BCUT2D eigenvalue weighted by atomic mass is 16.5. The lowest BCUT2D eigenvalue weighted by molar-refractivity contribution is 0.309. The van der Waals surface area contributed by atoms with E-state index in [0.717, 1.165) is 36.8 Å². The SMILES string of the molecule is CCN1CCOc2cccc(N)c21. The molecule has 0 saturated heterocycles. The van der Waals surface area contributed by atoms with Gasteiger partial charge in [0, 0.05) is 6.54 Å². The lowest BCUT2D eigenvalue weighted by Gasteiger charge is -2.31. The summed E-state index contributed by atoms with van der Waals surface area (Å²) < 4.78 is 5.51. The quantitative estimate of drug-likeness (QED) is 0.662. The van der Waals surface area contributed by atoms with Crippen LogP contribution in [0.1, 0.15) is 6.92 Å². The Bertz CT molecular complexity index is 312. The number of ether oxygens (including phenoxy) is 1. The molecule has 3 heteroatoms. The van der Waals surface area contributed by atoms with Crippen LogP contribution in [0.3, 0.4) is 0 Å². The van der Waals surface area contributed by atoms with E-state index in [1.54, 1.807) is 0 Å². The molecule has 2 N–H and O–H groups in total. The van der Waals surface area contributed by atoms with E-state index < -0.39 is 0 Å². The van der Waals surface area contributed by atoms with E-state index >= 15 is 0 Å². The van der Waals surface area contributed by atoms with Gasteiger partial charge < -0.3 is 15.4 Å². The smallest absolute Gasteiger partial charge is 0.144 e. The van der Waals surface area contributed by atoms with Crippen molar-refractivity contribution in [3.05, 3.63) is 18.2 Å². The number of rotatable bonds is 1. The monoisotopic (exact) mass is 178 g/mol. The van der Waals surface area contributed by atoms with Crippen molar-refractivity contribution >= 4 is 11.4 Å². The average molecular weight is 178 g/mol. The molecule has 1 aliphatic heterocycles. The van der Waals surface area contributed by atoms with Gasteiger partial charge in [0.15, 0.2) is 0 Å². The van der Waals surface area contributed by atoms with Crippen molar-refractivity contribution in [1.82, 2.24) is 0 Å². The molecule has 0 spiro atoms. The summed E-state index contributed by atoms with van der Waals surface area (Å²) in [4.78, 5) is 2.24. The Morgan fingerprint density at radius 1 is 1.54 bits per heavy atom. The highest BCUT2D eigenvalue weighted by Crippen LogP contribution is 2.36. The number of hydrogen-bond acceptors (Lipinski definition) is 3. The lowest BCUT2D eigenvalue weighted by atomic mass is 10.2. The largest absolute Gasteiger partial charge is 0.489 e. The van der Waals surface area contributed by atoms with Crippen molar-refractivity contribution in [1.29, 1.82) is 0 Å². The number of anilines is 2. The van der Waals surface area contributed by atoms with Gasteiger partial charge in [-0.15, -0.1) is 0 Å². The molecule has 2 rings (SSSR count). The second-order valence-corrected chi connectivity index (χ2v) is 3.12. The molecule has 0 amide bonds. The Balaban J connectivity index is 2.47. The molecule has 13 heavy (non-hydrogen) atoms. The van der Waals surface area contributed by atoms with Crippen molar-refractivity contribution in [2.45, 2.75) is 6.92 Å². The molecule has 1 heterocycles. The highest BCUT2D eigenvalue weighted by molar-refractivity contribution is 5.75. The van der Waals surface area contributed by atoms with Gasteiger partial charge in [-0.3, -0.25) is 0 Å². The Hall–Kier alpha value is -1.38. The number of nitrogens with zero attached hydrogens (tertiary/aromatic N) is 1. The Morgan fingerprint density at radius 3 is 3.15 bits per heavy atom. The molecule has 0 fully saturated rings. The molecule has 70 valence electrons. The molecule has 0 saturated carbocycles. The third kappa shape index (κ3) is 1.30. The van der Waals surface area contributed by atoms with Gasteiger partial charge in [0.05, 0.1) is 12.2 Å². The second kappa shape index (κ2) is 3.17. The fraction of sp³-hybridized carbons (Fsp3) is 0.400. The first-order valence-electron chi connectivity index (χ1n) is 4.59. The zero-order valence-electron chi connectivity index (χ0n) is 7.79. The summed E-state index contributed by atoms with van der Waals surface area (Å²) in [5.74, 6) is 0.910. The predicted molar refractivity (Wildman–Crippen MR) is 54.2 cm³/mol. The van der Waals surface area contributed by atoms with Crippen LogP contribution in [-0.4, -0.2) is 19.7 Å². The second-order valence-electron chi connectivity index (χ2n) is 3.12. The number of nitrogens with two attached hydrogens (primary N) is 1. The van der Waals surface area contributed by atoms with Crippen LogP contribution >= 0.6 is 0 Å². The molecular formula is C10H14N2O. The predicted octanol–water partition coefficient (Wildman–Crippen LogP) is 1.49.